The second-order valence-corrected chi connectivity index (χ2v) is 45.5. The third kappa shape index (κ3) is 24.9. The van der Waals surface area contributed by atoms with E-state index in [1.165, 1.54) is 103 Å². The van der Waals surface area contributed by atoms with Gasteiger partial charge < -0.3 is 18.9 Å². The Morgan fingerprint density at radius 2 is 0.574 bits per heavy atom. The molecule has 8 saturated heterocycles. The molecule has 8 aliphatic rings. The van der Waals surface area contributed by atoms with E-state index in [0.717, 1.165) is 98.1 Å². The first kappa shape index (κ1) is 65.1. The summed E-state index contributed by atoms with van der Waals surface area (Å²) < 4.78 is 16.3. The van der Waals surface area contributed by atoms with Crippen molar-refractivity contribution >= 4 is 113 Å². The molecule has 4 nitrogen and oxygen atoms in total. The van der Waals surface area contributed by atoms with E-state index >= 15 is 0 Å². The van der Waals surface area contributed by atoms with Gasteiger partial charge in [0.25, 0.3) is 0 Å². The van der Waals surface area contributed by atoms with E-state index < -0.39 is 22.8 Å². The molecular formula is C52H94Cl6Cr2O4P4+6. The quantitative estimate of drug-likeness (QED) is 0.216. The van der Waals surface area contributed by atoms with Crippen molar-refractivity contribution < 1.29 is 41.7 Å². The van der Waals surface area contributed by atoms with Gasteiger partial charge in [-0.1, -0.05) is 79.9 Å². The average molecular weight is 1220 g/mol. The molecule has 0 radical (unpaired) electrons. The Hall–Kier alpha value is 2.80. The Labute approximate surface area is 455 Å². The van der Waals surface area contributed by atoms with E-state index in [4.69, 9.17) is 60.3 Å². The molecule has 16 heteroatoms. The summed E-state index contributed by atoms with van der Waals surface area (Å²) in [6.07, 6.45) is 22.3. The molecule has 8 heterocycles. The van der Waals surface area contributed by atoms with E-state index in [9.17, 15) is 0 Å². The van der Waals surface area contributed by atoms with Gasteiger partial charge in [-0.25, -0.2) is 0 Å². The van der Waals surface area contributed by atoms with Crippen molar-refractivity contribution in [2.45, 2.75) is 203 Å². The van der Waals surface area contributed by atoms with E-state index in [1.807, 2.05) is 10.6 Å². The van der Waals surface area contributed by atoms with Crippen LogP contribution in [0.4, 0.5) is 0 Å². The molecule has 0 aromatic heterocycles. The first-order valence-corrected chi connectivity index (χ1v) is 42.9. The zero-order chi connectivity index (χ0) is 49.8. The van der Waals surface area contributed by atoms with Crippen molar-refractivity contribution in [2.75, 3.05) is 52.9 Å². The molecule has 2 aromatic rings. The molecule has 10 rings (SSSR count). The molecule has 8 aliphatic heterocycles. The Balaban J connectivity index is 0.000000232. The number of hydrogen-bond acceptors (Lipinski definition) is 0. The normalized spacial score (nSPS) is 29.2. The topological polar surface area (TPSA) is 51.2 Å². The van der Waals surface area contributed by atoms with Gasteiger partial charge in [0.2, 0.25) is 0 Å². The van der Waals surface area contributed by atoms with Crippen LogP contribution in [0, 0.1) is 0 Å². The van der Waals surface area contributed by atoms with Gasteiger partial charge in [-0.15, -0.1) is 0 Å². The summed E-state index contributed by atoms with van der Waals surface area (Å²) in [5, 5.41) is 7.24. The number of halogens is 6. The molecule has 8 fully saturated rings. The van der Waals surface area contributed by atoms with Crippen LogP contribution >= 0.6 is 92.0 Å². The standard InChI is InChI=1S/2C18H28P2.4C4H8O.6ClH.2Cr/c2*1-13-9-10-14(2)19(13)17-7-5-6-8-18(17)20-15(3)11-12-16(20)4;4*1-2-4-5-3-1;;;;;;;;/h2*5-8,13-16H,9-12H2,1-4H3;4*1-4H2;6*1H;;/q;;;;;;;;;;;;2*+3/t2*13-,14-,15-,16-;;;;;;;;;;;;/m00............/s1. The monoisotopic (exact) mass is 1220 g/mol. The van der Waals surface area contributed by atoms with Gasteiger partial charge in [0.1, 0.15) is 63.5 Å². The van der Waals surface area contributed by atoms with Crippen molar-refractivity contribution in [3.8, 4) is 0 Å². The molecule has 0 saturated carbocycles. The van der Waals surface area contributed by atoms with Crippen LogP contribution < -0.4 is 21.2 Å². The summed E-state index contributed by atoms with van der Waals surface area (Å²) in [7, 11) is 29.1. The third-order valence-corrected chi connectivity index (χ3v) is 29.3. The van der Waals surface area contributed by atoms with Gasteiger partial charge >= 0.3 is 83.1 Å². The second-order valence-electron chi connectivity index (χ2n) is 19.9. The van der Waals surface area contributed by atoms with Crippen LogP contribution in [-0.2, 0) is 22.8 Å². The molecule has 0 amide bonds. The molecule has 0 unspecified atom stereocenters. The van der Waals surface area contributed by atoms with E-state index in [1.54, 1.807) is 10.6 Å². The summed E-state index contributed by atoms with van der Waals surface area (Å²) in [5.74, 6) is 0. The number of aliphatic hydroxyl groups is 8. The summed E-state index contributed by atoms with van der Waals surface area (Å²) in [6.45, 7) is 29.1. The fourth-order valence-corrected chi connectivity index (χ4v) is 26.6. The maximum absolute atomic E-state index is 4.93. The van der Waals surface area contributed by atoms with Crippen LogP contribution in [0.25, 0.3) is 0 Å². The molecule has 0 spiro atoms. The summed E-state index contributed by atoms with van der Waals surface area (Å²) in [5.41, 5.74) is 7.65. The molecular weight excluding hydrogens is 1130 g/mol. The van der Waals surface area contributed by atoms with Crippen LogP contribution in [0.3, 0.4) is 0 Å². The Morgan fingerprint density at radius 3 is 0.765 bits per heavy atom. The van der Waals surface area contributed by atoms with Gasteiger partial charge in [0, 0.05) is 67.2 Å². The van der Waals surface area contributed by atoms with Crippen molar-refractivity contribution in [1.29, 1.82) is 0 Å². The molecule has 8 atom stereocenters. The molecule has 0 bridgehead atoms. The number of ether oxygens (including phenoxy) is 4. The predicted molar refractivity (Wildman–Crippen MR) is 314 cm³/mol. The van der Waals surface area contributed by atoms with E-state index in [0.29, 0.717) is 0 Å². The van der Waals surface area contributed by atoms with Crippen LogP contribution in [-0.4, -0.2) is 117 Å². The van der Waals surface area contributed by atoms with Gasteiger partial charge in [-0.2, -0.15) is 0 Å². The summed E-state index contributed by atoms with van der Waals surface area (Å²) in [6, 6.07) is 19.2. The minimum atomic E-state index is -1.62. The molecule has 68 heavy (non-hydrogen) atoms. The van der Waals surface area contributed by atoms with Crippen LogP contribution in [0.5, 0.6) is 0 Å². The maximum atomic E-state index is 4.93. The zero-order valence-electron chi connectivity index (χ0n) is 43.0. The number of rotatable bonds is 4. The molecule has 4 N–H and O–H groups in total. The van der Waals surface area contributed by atoms with Crippen molar-refractivity contribution in [1.82, 2.24) is 0 Å². The fraction of sp³-hybridized carbons (Fsp3) is 0.769. The average Bonchev–Trinajstić information content (AvgIpc) is 4.15. The van der Waals surface area contributed by atoms with Gasteiger partial charge in [0.15, 0.2) is 0 Å². The van der Waals surface area contributed by atoms with Crippen LogP contribution in [0.15, 0.2) is 48.5 Å². The van der Waals surface area contributed by atoms with Crippen molar-refractivity contribution in [3.05, 3.63) is 48.5 Å². The first-order valence-electron chi connectivity index (χ1n) is 26.1. The number of hydrogen-bond donors (Lipinski definition) is 0. The van der Waals surface area contributed by atoms with E-state index in [-0.39, 0.29) is 31.7 Å². The van der Waals surface area contributed by atoms with Crippen LogP contribution in [0.2, 0.25) is 0 Å². The van der Waals surface area contributed by atoms with Gasteiger partial charge in [-0.3, -0.25) is 0 Å². The minimum absolute atomic E-state index is 0.0785. The Morgan fingerprint density at radius 1 is 0.368 bits per heavy atom. The van der Waals surface area contributed by atoms with Gasteiger partial charge in [0.05, 0.1) is 22.6 Å². The fourth-order valence-electron chi connectivity index (χ4n) is 11.1. The second kappa shape index (κ2) is 38.4. The SMILES string of the molecule is C1CC[OH+]C1.C1CC[OH+]C1.C1CC[OH+]C1.C1CC[OH+]C1.C[C@H]1CC[C@H](C)P1c1ccccc1P1[C@@H](C)CC[C@@H]1C.C[C@H]1CC[C@H](C)[PH+]1c1ccccc1[PH+]1[C@@H](C)CC[C@@H]1C.[Cl][Cr]([Cl])[Cl].[Cl][Cr]([Cl])[Cl]. The summed E-state index contributed by atoms with van der Waals surface area (Å²) >= 11 is -3.25. The van der Waals surface area contributed by atoms with Gasteiger partial charge in [-0.05, 0) is 124 Å². The molecule has 0 aliphatic carbocycles. The molecule has 394 valence electrons. The predicted octanol–water partition coefficient (Wildman–Crippen LogP) is 14.9. The summed E-state index contributed by atoms with van der Waals surface area (Å²) in [4.78, 5) is 0. The van der Waals surface area contributed by atoms with E-state index in [2.05, 4.69) is 123 Å². The molecule has 2 aromatic carbocycles. The Kier molecular flexibility index (Phi) is 36.7. The number of benzene rings is 2. The van der Waals surface area contributed by atoms with Crippen molar-refractivity contribution in [2.24, 2.45) is 0 Å². The zero-order valence-corrected chi connectivity index (χ0v) is 53.9. The third-order valence-electron chi connectivity index (χ3n) is 14.6. The first-order chi connectivity index (χ1) is 32.6. The Bertz CT molecular complexity index is 1290. The van der Waals surface area contributed by atoms with Crippen LogP contribution in [0.1, 0.15) is 158 Å². The van der Waals surface area contributed by atoms with Crippen molar-refractivity contribution in [3.63, 3.8) is 0 Å².